The summed E-state index contributed by atoms with van der Waals surface area (Å²) in [6.07, 6.45) is 0. The smallest absolute Gasteiger partial charge is 0.343 e. The molecule has 3 rings (SSSR count). The van der Waals surface area contributed by atoms with Gasteiger partial charge in [0.05, 0.1) is 25.0 Å². The fourth-order valence-corrected chi connectivity index (χ4v) is 3.48. The number of fused-ring (bicyclic) bond motifs is 1. The van der Waals surface area contributed by atoms with Gasteiger partial charge in [-0.3, -0.25) is 0 Å². The number of rotatable bonds is 5. The molecule has 158 valence electrons. The van der Waals surface area contributed by atoms with Crippen molar-refractivity contribution in [2.75, 3.05) is 13.7 Å². The molecule has 0 saturated heterocycles. The van der Waals surface area contributed by atoms with Crippen LogP contribution in [0.25, 0.3) is 22.0 Å². The van der Waals surface area contributed by atoms with Gasteiger partial charge in [0.1, 0.15) is 5.82 Å². The Morgan fingerprint density at radius 1 is 1.13 bits per heavy atom. The average molecular weight is 411 g/mol. The molecule has 1 aromatic heterocycles. The number of halogens is 1. The van der Waals surface area contributed by atoms with Gasteiger partial charge in [-0.2, -0.15) is 0 Å². The van der Waals surface area contributed by atoms with Gasteiger partial charge in [0.25, 0.3) is 0 Å². The van der Waals surface area contributed by atoms with Gasteiger partial charge in [0.15, 0.2) is 5.60 Å². The van der Waals surface area contributed by atoms with Gasteiger partial charge in [-0.15, -0.1) is 0 Å². The van der Waals surface area contributed by atoms with Gasteiger partial charge in [0.2, 0.25) is 5.88 Å². The summed E-state index contributed by atoms with van der Waals surface area (Å²) >= 11 is 0. The molecule has 0 aliphatic rings. The summed E-state index contributed by atoms with van der Waals surface area (Å²) in [4.78, 5) is 17.2. The van der Waals surface area contributed by atoms with Crippen molar-refractivity contribution in [2.24, 2.45) is 5.41 Å². The van der Waals surface area contributed by atoms with Gasteiger partial charge >= 0.3 is 5.97 Å². The summed E-state index contributed by atoms with van der Waals surface area (Å²) in [6, 6.07) is 13.6. The maximum Gasteiger partial charge on any atom is 0.343 e. The summed E-state index contributed by atoms with van der Waals surface area (Å²) in [5.74, 6) is -0.980. The zero-order valence-electron chi connectivity index (χ0n) is 17.8. The van der Waals surface area contributed by atoms with Crippen LogP contribution in [0.5, 0.6) is 5.88 Å². The number of aromatic nitrogens is 1. The van der Waals surface area contributed by atoms with E-state index in [-0.39, 0.29) is 23.9 Å². The number of ether oxygens (including phenoxy) is 2. The third kappa shape index (κ3) is 3.63. The number of aliphatic hydroxyl groups is 1. The van der Waals surface area contributed by atoms with E-state index in [4.69, 9.17) is 9.47 Å². The number of hydrogen-bond acceptors (Lipinski definition) is 5. The van der Waals surface area contributed by atoms with Crippen LogP contribution in [0.3, 0.4) is 0 Å². The third-order valence-corrected chi connectivity index (χ3v) is 5.22. The monoisotopic (exact) mass is 411 g/mol. The minimum absolute atomic E-state index is 0.103. The number of carbonyl (C=O) groups is 1. The SMILES string of the molecule is CCOC(=O)C(O)(c1ccc(-c2ccc3cccc(F)c3c2)nc1OC)C(C)(C)C. The van der Waals surface area contributed by atoms with Crippen LogP contribution < -0.4 is 4.74 Å². The number of methoxy groups -OCH3 is 1. The van der Waals surface area contributed by atoms with Crippen molar-refractivity contribution < 1.29 is 23.8 Å². The number of carbonyl (C=O) groups excluding carboxylic acids is 1. The van der Waals surface area contributed by atoms with E-state index in [1.165, 1.54) is 13.2 Å². The van der Waals surface area contributed by atoms with Crippen molar-refractivity contribution in [2.45, 2.75) is 33.3 Å². The first-order valence-corrected chi connectivity index (χ1v) is 9.77. The Hall–Kier alpha value is -2.99. The Kier molecular flexibility index (Phi) is 5.81. The van der Waals surface area contributed by atoms with Crippen LogP contribution in [0.2, 0.25) is 0 Å². The molecule has 2 aromatic carbocycles. The number of benzene rings is 2. The Labute approximate surface area is 175 Å². The molecule has 1 unspecified atom stereocenters. The van der Waals surface area contributed by atoms with Crippen molar-refractivity contribution in [1.29, 1.82) is 0 Å². The van der Waals surface area contributed by atoms with Crippen LogP contribution in [0.4, 0.5) is 4.39 Å². The quantitative estimate of drug-likeness (QED) is 0.608. The summed E-state index contributed by atoms with van der Waals surface area (Å²) in [7, 11) is 1.42. The fourth-order valence-electron chi connectivity index (χ4n) is 3.48. The molecule has 0 aliphatic carbocycles. The van der Waals surface area contributed by atoms with E-state index in [0.29, 0.717) is 16.6 Å². The van der Waals surface area contributed by atoms with Crippen molar-refractivity contribution in [3.05, 3.63) is 59.9 Å². The van der Waals surface area contributed by atoms with Crippen LogP contribution >= 0.6 is 0 Å². The summed E-state index contributed by atoms with van der Waals surface area (Å²) in [6.45, 7) is 7.03. The lowest BCUT2D eigenvalue weighted by Crippen LogP contribution is -2.48. The highest BCUT2D eigenvalue weighted by Gasteiger charge is 2.52. The molecule has 0 bridgehead atoms. The van der Waals surface area contributed by atoms with Crippen molar-refractivity contribution >= 4 is 16.7 Å². The normalized spacial score (nSPS) is 13.7. The first kappa shape index (κ1) is 21.7. The van der Waals surface area contributed by atoms with Crippen molar-refractivity contribution in [1.82, 2.24) is 4.98 Å². The predicted octanol–water partition coefficient (Wildman–Crippen LogP) is 4.85. The van der Waals surface area contributed by atoms with E-state index in [2.05, 4.69) is 4.98 Å². The molecule has 1 N–H and O–H groups in total. The molecule has 5 nitrogen and oxygen atoms in total. The lowest BCUT2D eigenvalue weighted by molar-refractivity contribution is -0.180. The second-order valence-electron chi connectivity index (χ2n) is 8.11. The molecule has 0 amide bonds. The highest BCUT2D eigenvalue weighted by Crippen LogP contribution is 2.44. The summed E-state index contributed by atoms with van der Waals surface area (Å²) in [5.41, 5.74) is -1.42. The Bertz CT molecular complexity index is 1090. The lowest BCUT2D eigenvalue weighted by atomic mass is 9.72. The van der Waals surface area contributed by atoms with Crippen LogP contribution in [-0.4, -0.2) is 29.8 Å². The fraction of sp³-hybridized carbons (Fsp3) is 0.333. The molecule has 0 saturated carbocycles. The van der Waals surface area contributed by atoms with Gasteiger partial charge in [0, 0.05) is 16.4 Å². The zero-order chi connectivity index (χ0) is 22.1. The van der Waals surface area contributed by atoms with E-state index >= 15 is 0 Å². The van der Waals surface area contributed by atoms with Gasteiger partial charge < -0.3 is 14.6 Å². The standard InChI is InChI=1S/C24H26FNO4/c1-6-30-22(27)24(28,23(2,3)4)18-12-13-20(26-21(18)29-5)16-11-10-15-8-7-9-19(25)17(15)14-16/h7-14,28H,6H2,1-5H3. The zero-order valence-corrected chi connectivity index (χ0v) is 17.8. The molecule has 0 aliphatic heterocycles. The number of pyridine rings is 1. The molecule has 1 heterocycles. The van der Waals surface area contributed by atoms with E-state index in [9.17, 15) is 14.3 Å². The Morgan fingerprint density at radius 2 is 1.87 bits per heavy atom. The average Bonchev–Trinajstić information content (AvgIpc) is 2.72. The maximum absolute atomic E-state index is 14.2. The maximum atomic E-state index is 14.2. The van der Waals surface area contributed by atoms with E-state index < -0.39 is 17.0 Å². The minimum atomic E-state index is -1.96. The van der Waals surface area contributed by atoms with Gasteiger partial charge in [-0.1, -0.05) is 45.0 Å². The van der Waals surface area contributed by atoms with Crippen LogP contribution in [0, 0.1) is 11.2 Å². The lowest BCUT2D eigenvalue weighted by Gasteiger charge is -2.38. The second kappa shape index (κ2) is 8.03. The molecule has 1 atom stereocenters. The molecule has 0 spiro atoms. The highest BCUT2D eigenvalue weighted by molar-refractivity contribution is 5.88. The van der Waals surface area contributed by atoms with E-state index in [0.717, 1.165) is 5.39 Å². The highest BCUT2D eigenvalue weighted by atomic mass is 19.1. The van der Waals surface area contributed by atoms with Crippen molar-refractivity contribution in [3.63, 3.8) is 0 Å². The van der Waals surface area contributed by atoms with Crippen molar-refractivity contribution in [3.8, 4) is 17.1 Å². The Morgan fingerprint density at radius 3 is 2.50 bits per heavy atom. The first-order valence-electron chi connectivity index (χ1n) is 9.77. The molecular formula is C24H26FNO4. The third-order valence-electron chi connectivity index (χ3n) is 5.22. The molecule has 6 heteroatoms. The number of nitrogens with zero attached hydrogens (tertiary/aromatic N) is 1. The number of esters is 1. The van der Waals surface area contributed by atoms with Crippen LogP contribution in [-0.2, 0) is 15.1 Å². The van der Waals surface area contributed by atoms with E-state index in [1.807, 2.05) is 18.2 Å². The van der Waals surface area contributed by atoms with Crippen LogP contribution in [0.1, 0.15) is 33.3 Å². The van der Waals surface area contributed by atoms with Crippen LogP contribution in [0.15, 0.2) is 48.5 Å². The molecule has 3 aromatic rings. The molecular weight excluding hydrogens is 385 g/mol. The molecule has 30 heavy (non-hydrogen) atoms. The summed E-state index contributed by atoms with van der Waals surface area (Å²) < 4.78 is 24.8. The Balaban J connectivity index is 2.15. The second-order valence-corrected chi connectivity index (χ2v) is 8.11. The first-order chi connectivity index (χ1) is 14.1. The number of hydrogen-bond donors (Lipinski definition) is 1. The van der Waals surface area contributed by atoms with E-state index in [1.54, 1.807) is 52.0 Å². The largest absolute Gasteiger partial charge is 0.481 e. The molecule has 0 fully saturated rings. The minimum Gasteiger partial charge on any atom is -0.481 e. The van der Waals surface area contributed by atoms with Gasteiger partial charge in [-0.05, 0) is 36.6 Å². The molecule has 0 radical (unpaired) electrons. The summed E-state index contributed by atoms with van der Waals surface area (Å²) in [5, 5.41) is 12.7. The topological polar surface area (TPSA) is 68.7 Å². The van der Waals surface area contributed by atoms with Gasteiger partial charge in [-0.25, -0.2) is 14.2 Å². The predicted molar refractivity (Wildman–Crippen MR) is 114 cm³/mol.